The molecule has 1 unspecified atom stereocenters. The summed E-state index contributed by atoms with van der Waals surface area (Å²) < 4.78 is 3.74. The maximum Gasteiger partial charge on any atom is 0.303 e. The van der Waals surface area contributed by atoms with Crippen molar-refractivity contribution >= 4 is 23.4 Å². The quantitative estimate of drug-likeness (QED) is 0.807. The van der Waals surface area contributed by atoms with Crippen LogP contribution in [0.2, 0.25) is 0 Å². The molecule has 1 rings (SSSR count). The first kappa shape index (κ1) is 17.6. The summed E-state index contributed by atoms with van der Waals surface area (Å²) >= 11 is 1.09. The molecule has 21 heavy (non-hydrogen) atoms. The molecule has 118 valence electrons. The van der Waals surface area contributed by atoms with Crippen LogP contribution in [-0.2, 0) is 4.79 Å². The summed E-state index contributed by atoms with van der Waals surface area (Å²) in [5.41, 5.74) is 0.651. The zero-order valence-electron chi connectivity index (χ0n) is 13.0. The van der Waals surface area contributed by atoms with Gasteiger partial charge in [0.25, 0.3) is 5.91 Å². The number of hydrogen-bond donors (Lipinski definition) is 2. The highest BCUT2D eigenvalue weighted by Crippen LogP contribution is 2.32. The lowest BCUT2D eigenvalue weighted by Gasteiger charge is -2.30. The fraction of sp³-hybridized carbons (Fsp3) is 0.714. The summed E-state index contributed by atoms with van der Waals surface area (Å²) in [4.78, 5) is 23.2. The third kappa shape index (κ3) is 5.79. The van der Waals surface area contributed by atoms with Crippen LogP contribution in [0, 0.1) is 18.3 Å². The normalized spacial score (nSPS) is 13.0. The number of carboxylic acids is 1. The standard InChI is InChI=1S/C14H23N3O3S/c1-9-12(21-17-16-9)13(20)15-8-7-10(14(2,3)4)5-6-11(18)19/h10H,5-8H2,1-4H3,(H,15,20)(H,18,19). The second-order valence-corrected chi connectivity index (χ2v) is 6.98. The zero-order chi connectivity index (χ0) is 16.0. The molecule has 6 nitrogen and oxygen atoms in total. The molecule has 1 heterocycles. The monoisotopic (exact) mass is 313 g/mol. The second-order valence-electron chi connectivity index (χ2n) is 6.23. The van der Waals surface area contributed by atoms with E-state index in [1.807, 2.05) is 0 Å². The Balaban J connectivity index is 2.48. The van der Waals surface area contributed by atoms with Crippen LogP contribution < -0.4 is 5.32 Å². The first-order valence-electron chi connectivity index (χ1n) is 7.00. The molecule has 0 fully saturated rings. The molecule has 0 spiro atoms. The van der Waals surface area contributed by atoms with Gasteiger partial charge in [0.2, 0.25) is 0 Å². The van der Waals surface area contributed by atoms with Gasteiger partial charge in [-0.25, -0.2) is 0 Å². The van der Waals surface area contributed by atoms with Crippen molar-refractivity contribution in [2.75, 3.05) is 6.54 Å². The van der Waals surface area contributed by atoms with E-state index in [0.29, 0.717) is 23.5 Å². The molecule has 0 saturated heterocycles. The van der Waals surface area contributed by atoms with Gasteiger partial charge < -0.3 is 10.4 Å². The van der Waals surface area contributed by atoms with Gasteiger partial charge in [-0.1, -0.05) is 25.3 Å². The first-order chi connectivity index (χ1) is 9.71. The third-order valence-corrected chi connectivity index (χ3v) is 4.39. The summed E-state index contributed by atoms with van der Waals surface area (Å²) in [7, 11) is 0. The molecular formula is C14H23N3O3S. The van der Waals surface area contributed by atoms with E-state index in [1.165, 1.54) is 0 Å². The van der Waals surface area contributed by atoms with Crippen LogP contribution in [0.1, 0.15) is 55.4 Å². The predicted molar refractivity (Wildman–Crippen MR) is 81.4 cm³/mol. The molecule has 1 aromatic rings. The number of aryl methyl sites for hydroxylation is 1. The van der Waals surface area contributed by atoms with Gasteiger partial charge in [-0.15, -0.1) is 5.10 Å². The minimum atomic E-state index is -0.778. The Labute approximate surface area is 129 Å². The van der Waals surface area contributed by atoms with Crippen LogP contribution in [0.4, 0.5) is 0 Å². The van der Waals surface area contributed by atoms with Crippen LogP contribution >= 0.6 is 11.5 Å². The van der Waals surface area contributed by atoms with E-state index in [9.17, 15) is 9.59 Å². The van der Waals surface area contributed by atoms with Gasteiger partial charge in [0.05, 0.1) is 5.69 Å². The molecule has 0 radical (unpaired) electrons. The number of carboxylic acid groups (broad SMARTS) is 1. The SMILES string of the molecule is Cc1nnsc1C(=O)NCCC(CCC(=O)O)C(C)(C)C. The van der Waals surface area contributed by atoms with Gasteiger partial charge in [0.15, 0.2) is 0 Å². The van der Waals surface area contributed by atoms with Crippen LogP contribution in [0.3, 0.4) is 0 Å². The minimum Gasteiger partial charge on any atom is -0.481 e. The molecule has 1 amide bonds. The number of hydrogen-bond acceptors (Lipinski definition) is 5. The number of nitrogens with one attached hydrogen (secondary N) is 1. The van der Waals surface area contributed by atoms with Gasteiger partial charge >= 0.3 is 5.97 Å². The topological polar surface area (TPSA) is 92.2 Å². The average molecular weight is 313 g/mol. The fourth-order valence-corrected chi connectivity index (χ4v) is 2.76. The Hall–Kier alpha value is -1.50. The molecule has 0 aliphatic rings. The Morgan fingerprint density at radius 3 is 2.48 bits per heavy atom. The minimum absolute atomic E-state index is 0.0160. The van der Waals surface area contributed by atoms with Gasteiger partial charge in [0, 0.05) is 13.0 Å². The van der Waals surface area contributed by atoms with Crippen molar-refractivity contribution in [3.8, 4) is 0 Å². The van der Waals surface area contributed by atoms with E-state index in [1.54, 1.807) is 6.92 Å². The van der Waals surface area contributed by atoms with E-state index in [2.05, 4.69) is 35.7 Å². The van der Waals surface area contributed by atoms with Crippen LogP contribution in [0.15, 0.2) is 0 Å². The predicted octanol–water partition coefficient (Wildman–Crippen LogP) is 2.49. The van der Waals surface area contributed by atoms with Gasteiger partial charge in [0.1, 0.15) is 4.88 Å². The van der Waals surface area contributed by atoms with Crippen molar-refractivity contribution in [3.05, 3.63) is 10.6 Å². The number of carbonyl (C=O) groups is 2. The number of aromatic nitrogens is 2. The van der Waals surface area contributed by atoms with E-state index in [-0.39, 0.29) is 23.7 Å². The lowest BCUT2D eigenvalue weighted by molar-refractivity contribution is -0.137. The smallest absolute Gasteiger partial charge is 0.303 e. The second kappa shape index (κ2) is 7.49. The number of amides is 1. The summed E-state index contributed by atoms with van der Waals surface area (Å²) in [5.74, 6) is -0.692. The Kier molecular flexibility index (Phi) is 6.26. The molecule has 0 saturated carbocycles. The Morgan fingerprint density at radius 2 is 2.00 bits per heavy atom. The van der Waals surface area contributed by atoms with Crippen molar-refractivity contribution in [1.82, 2.24) is 14.9 Å². The number of nitrogens with zero attached hydrogens (tertiary/aromatic N) is 2. The largest absolute Gasteiger partial charge is 0.481 e. The van der Waals surface area contributed by atoms with Crippen molar-refractivity contribution in [2.24, 2.45) is 11.3 Å². The molecule has 0 aromatic carbocycles. The van der Waals surface area contributed by atoms with E-state index in [0.717, 1.165) is 18.0 Å². The molecule has 1 atom stereocenters. The molecule has 1 aromatic heterocycles. The lowest BCUT2D eigenvalue weighted by Crippen LogP contribution is -2.29. The highest BCUT2D eigenvalue weighted by atomic mass is 32.1. The van der Waals surface area contributed by atoms with Gasteiger partial charge in [-0.3, -0.25) is 9.59 Å². The van der Waals surface area contributed by atoms with Crippen molar-refractivity contribution in [2.45, 2.75) is 47.0 Å². The number of rotatable bonds is 7. The number of carbonyl (C=O) groups excluding carboxylic acids is 1. The fourth-order valence-electron chi connectivity index (χ4n) is 2.19. The van der Waals surface area contributed by atoms with Gasteiger partial charge in [-0.05, 0) is 42.6 Å². The van der Waals surface area contributed by atoms with E-state index < -0.39 is 5.97 Å². The Bertz CT molecular complexity index is 494. The maximum atomic E-state index is 11.9. The highest BCUT2D eigenvalue weighted by molar-refractivity contribution is 7.07. The third-order valence-electron chi connectivity index (χ3n) is 3.57. The molecule has 7 heteroatoms. The summed E-state index contributed by atoms with van der Waals surface area (Å²) in [5, 5.41) is 15.5. The highest BCUT2D eigenvalue weighted by Gasteiger charge is 2.25. The molecule has 0 aliphatic carbocycles. The molecule has 0 aliphatic heterocycles. The molecule has 2 N–H and O–H groups in total. The zero-order valence-corrected chi connectivity index (χ0v) is 13.8. The first-order valence-corrected chi connectivity index (χ1v) is 7.78. The van der Waals surface area contributed by atoms with E-state index in [4.69, 9.17) is 5.11 Å². The van der Waals surface area contributed by atoms with Crippen molar-refractivity contribution in [3.63, 3.8) is 0 Å². The van der Waals surface area contributed by atoms with Crippen LogP contribution in [0.5, 0.6) is 0 Å². The summed E-state index contributed by atoms with van der Waals surface area (Å²) in [6.07, 6.45) is 1.54. The maximum absolute atomic E-state index is 11.9. The van der Waals surface area contributed by atoms with Gasteiger partial charge in [-0.2, -0.15) is 0 Å². The summed E-state index contributed by atoms with van der Waals surface area (Å²) in [6.45, 7) is 8.57. The lowest BCUT2D eigenvalue weighted by atomic mass is 9.76. The average Bonchev–Trinajstić information content (AvgIpc) is 2.77. The van der Waals surface area contributed by atoms with Crippen LogP contribution in [0.25, 0.3) is 0 Å². The van der Waals surface area contributed by atoms with Crippen molar-refractivity contribution < 1.29 is 14.7 Å². The summed E-state index contributed by atoms with van der Waals surface area (Å²) in [6, 6.07) is 0. The Morgan fingerprint density at radius 1 is 1.33 bits per heavy atom. The van der Waals surface area contributed by atoms with E-state index >= 15 is 0 Å². The molecular weight excluding hydrogens is 290 g/mol. The van der Waals surface area contributed by atoms with Crippen LogP contribution in [-0.4, -0.2) is 33.1 Å². The molecule has 0 bridgehead atoms. The number of aliphatic carboxylic acids is 1. The van der Waals surface area contributed by atoms with Crippen molar-refractivity contribution in [1.29, 1.82) is 0 Å².